The molecule has 2 amide bonds. The number of aromatic nitrogens is 1. The zero-order valence-corrected chi connectivity index (χ0v) is 11.2. The lowest BCUT2D eigenvalue weighted by atomic mass is 10.2. The van der Waals surface area contributed by atoms with Crippen LogP contribution >= 0.6 is 0 Å². The molecule has 1 atom stereocenters. The molecule has 1 aromatic rings. The molecular weight excluding hydrogens is 246 g/mol. The number of rotatable bonds is 6. The molecule has 0 saturated heterocycles. The first-order valence-corrected chi connectivity index (χ1v) is 6.19. The lowest BCUT2D eigenvalue weighted by Gasteiger charge is -2.23. The molecular formula is C13H19N3O3. The van der Waals surface area contributed by atoms with Crippen LogP contribution in [0.1, 0.15) is 19.4 Å². The highest BCUT2D eigenvalue weighted by atomic mass is 16.4. The van der Waals surface area contributed by atoms with Gasteiger partial charge in [0.05, 0.1) is 5.92 Å². The van der Waals surface area contributed by atoms with Crippen molar-refractivity contribution in [1.29, 1.82) is 0 Å². The predicted octanol–water partition coefficient (Wildman–Crippen LogP) is 1.33. The van der Waals surface area contributed by atoms with Crippen molar-refractivity contribution >= 4 is 12.0 Å². The molecule has 0 fully saturated rings. The van der Waals surface area contributed by atoms with Gasteiger partial charge in [-0.15, -0.1) is 0 Å². The summed E-state index contributed by atoms with van der Waals surface area (Å²) >= 11 is 0. The molecule has 0 bridgehead atoms. The molecule has 2 N–H and O–H groups in total. The minimum Gasteiger partial charge on any atom is -0.481 e. The Bertz CT molecular complexity index is 422. The Morgan fingerprint density at radius 1 is 1.42 bits per heavy atom. The van der Waals surface area contributed by atoms with Crippen molar-refractivity contribution in [2.45, 2.75) is 20.4 Å². The van der Waals surface area contributed by atoms with Gasteiger partial charge in [0, 0.05) is 32.0 Å². The lowest BCUT2D eigenvalue weighted by Crippen LogP contribution is -2.42. The molecule has 0 aliphatic heterocycles. The molecule has 104 valence electrons. The fourth-order valence-corrected chi connectivity index (χ4v) is 1.55. The van der Waals surface area contributed by atoms with Crippen LogP contribution in [0, 0.1) is 5.92 Å². The maximum Gasteiger partial charge on any atom is 0.317 e. The normalized spacial score (nSPS) is 11.7. The number of hydrogen-bond acceptors (Lipinski definition) is 3. The number of carboxylic acid groups (broad SMARTS) is 1. The van der Waals surface area contributed by atoms with Crippen LogP contribution < -0.4 is 5.32 Å². The molecule has 19 heavy (non-hydrogen) atoms. The molecule has 1 rings (SSSR count). The van der Waals surface area contributed by atoms with Crippen molar-refractivity contribution in [3.8, 4) is 0 Å². The average Bonchev–Trinajstić information content (AvgIpc) is 2.42. The first kappa shape index (κ1) is 14.9. The van der Waals surface area contributed by atoms with Gasteiger partial charge in [0.2, 0.25) is 0 Å². The van der Waals surface area contributed by atoms with E-state index in [2.05, 4.69) is 10.3 Å². The minimum absolute atomic E-state index is 0.202. The summed E-state index contributed by atoms with van der Waals surface area (Å²) in [6.45, 7) is 4.48. The number of carbonyl (C=O) groups excluding carboxylic acids is 1. The number of pyridine rings is 1. The predicted molar refractivity (Wildman–Crippen MR) is 70.5 cm³/mol. The van der Waals surface area contributed by atoms with Crippen molar-refractivity contribution in [1.82, 2.24) is 15.2 Å². The molecule has 6 nitrogen and oxygen atoms in total. The molecule has 1 aromatic heterocycles. The summed E-state index contributed by atoms with van der Waals surface area (Å²) in [5, 5.41) is 11.6. The monoisotopic (exact) mass is 265 g/mol. The average molecular weight is 265 g/mol. The third-order valence-electron chi connectivity index (χ3n) is 2.78. The SMILES string of the molecule is CCN(CC(C)C(=O)O)C(=O)NCc1ccncc1. The number of aliphatic carboxylic acids is 1. The maximum absolute atomic E-state index is 11.9. The van der Waals surface area contributed by atoms with Gasteiger partial charge in [-0.2, -0.15) is 0 Å². The van der Waals surface area contributed by atoms with Crippen LogP contribution in [0.2, 0.25) is 0 Å². The van der Waals surface area contributed by atoms with Gasteiger partial charge >= 0.3 is 12.0 Å². The molecule has 0 aromatic carbocycles. The molecule has 0 aliphatic rings. The van der Waals surface area contributed by atoms with Gasteiger partial charge in [-0.05, 0) is 24.6 Å². The Kier molecular flexibility index (Phi) is 5.78. The van der Waals surface area contributed by atoms with Crippen LogP contribution in [0.15, 0.2) is 24.5 Å². The summed E-state index contributed by atoms with van der Waals surface area (Å²) in [4.78, 5) is 28.1. The molecule has 1 heterocycles. The Labute approximate surface area is 112 Å². The van der Waals surface area contributed by atoms with Crippen molar-refractivity contribution in [3.63, 3.8) is 0 Å². The third kappa shape index (κ3) is 4.95. The van der Waals surface area contributed by atoms with Gasteiger partial charge in [0.15, 0.2) is 0 Å². The van der Waals surface area contributed by atoms with Crippen molar-refractivity contribution in [2.75, 3.05) is 13.1 Å². The highest BCUT2D eigenvalue weighted by molar-refractivity contribution is 5.75. The number of urea groups is 1. The number of hydrogen-bond donors (Lipinski definition) is 2. The summed E-state index contributed by atoms with van der Waals surface area (Å²) in [5.74, 6) is -1.48. The highest BCUT2D eigenvalue weighted by Crippen LogP contribution is 2.02. The largest absolute Gasteiger partial charge is 0.481 e. The van der Waals surface area contributed by atoms with E-state index in [9.17, 15) is 9.59 Å². The maximum atomic E-state index is 11.9. The van der Waals surface area contributed by atoms with E-state index in [1.807, 2.05) is 19.1 Å². The molecule has 1 unspecified atom stereocenters. The standard InChI is InChI=1S/C13H19N3O3/c1-3-16(9-10(2)12(17)18)13(19)15-8-11-4-6-14-7-5-11/h4-7,10H,3,8-9H2,1-2H3,(H,15,19)(H,17,18). The van der Waals surface area contributed by atoms with Crippen LogP contribution in [-0.2, 0) is 11.3 Å². The second kappa shape index (κ2) is 7.35. The summed E-state index contributed by atoms with van der Waals surface area (Å²) in [6, 6.07) is 3.37. The van der Waals surface area contributed by atoms with E-state index in [1.165, 1.54) is 4.90 Å². The van der Waals surface area contributed by atoms with Gasteiger partial charge in [-0.25, -0.2) is 4.79 Å². The Balaban J connectivity index is 2.48. The lowest BCUT2D eigenvalue weighted by molar-refractivity contribution is -0.141. The van der Waals surface area contributed by atoms with E-state index in [0.29, 0.717) is 13.1 Å². The van der Waals surface area contributed by atoms with E-state index in [1.54, 1.807) is 19.3 Å². The zero-order valence-electron chi connectivity index (χ0n) is 11.2. The number of carbonyl (C=O) groups is 2. The van der Waals surface area contributed by atoms with E-state index in [-0.39, 0.29) is 12.6 Å². The fraction of sp³-hybridized carbons (Fsp3) is 0.462. The first-order valence-electron chi connectivity index (χ1n) is 6.19. The second-order valence-corrected chi connectivity index (χ2v) is 4.29. The quantitative estimate of drug-likeness (QED) is 0.813. The van der Waals surface area contributed by atoms with Crippen LogP contribution in [0.5, 0.6) is 0 Å². The van der Waals surface area contributed by atoms with Gasteiger partial charge in [-0.3, -0.25) is 9.78 Å². The Morgan fingerprint density at radius 3 is 2.58 bits per heavy atom. The Morgan fingerprint density at radius 2 is 2.05 bits per heavy atom. The van der Waals surface area contributed by atoms with Crippen LogP contribution in [0.25, 0.3) is 0 Å². The number of carboxylic acids is 1. The topological polar surface area (TPSA) is 82.5 Å². The summed E-state index contributed by atoms with van der Waals surface area (Å²) in [5.41, 5.74) is 0.950. The van der Waals surface area contributed by atoms with E-state index in [0.717, 1.165) is 5.56 Å². The highest BCUT2D eigenvalue weighted by Gasteiger charge is 2.18. The smallest absolute Gasteiger partial charge is 0.317 e. The third-order valence-corrected chi connectivity index (χ3v) is 2.78. The second-order valence-electron chi connectivity index (χ2n) is 4.29. The molecule has 0 saturated carbocycles. The van der Waals surface area contributed by atoms with Crippen molar-refractivity contribution in [2.24, 2.45) is 5.92 Å². The summed E-state index contributed by atoms with van der Waals surface area (Å²) < 4.78 is 0. The number of nitrogens with zero attached hydrogens (tertiary/aromatic N) is 2. The van der Waals surface area contributed by atoms with Crippen molar-refractivity contribution < 1.29 is 14.7 Å². The van der Waals surface area contributed by atoms with Crippen molar-refractivity contribution in [3.05, 3.63) is 30.1 Å². The van der Waals surface area contributed by atoms with Crippen LogP contribution in [0.3, 0.4) is 0 Å². The number of nitrogens with one attached hydrogen (secondary N) is 1. The van der Waals surface area contributed by atoms with Gasteiger partial charge in [0.25, 0.3) is 0 Å². The van der Waals surface area contributed by atoms with Gasteiger partial charge in [-0.1, -0.05) is 6.92 Å². The van der Waals surface area contributed by atoms with Gasteiger partial charge < -0.3 is 15.3 Å². The van der Waals surface area contributed by atoms with E-state index >= 15 is 0 Å². The van der Waals surface area contributed by atoms with Crippen LogP contribution in [-0.4, -0.2) is 40.1 Å². The molecule has 0 spiro atoms. The number of amides is 2. The van der Waals surface area contributed by atoms with Crippen LogP contribution in [0.4, 0.5) is 4.79 Å². The molecule has 6 heteroatoms. The van der Waals surface area contributed by atoms with Gasteiger partial charge in [0.1, 0.15) is 0 Å². The first-order chi connectivity index (χ1) is 9.04. The van der Waals surface area contributed by atoms with E-state index < -0.39 is 11.9 Å². The molecule has 0 radical (unpaired) electrons. The molecule has 0 aliphatic carbocycles. The Hall–Kier alpha value is -2.11. The minimum atomic E-state index is -0.902. The fourth-order valence-electron chi connectivity index (χ4n) is 1.55. The summed E-state index contributed by atoms with van der Waals surface area (Å²) in [7, 11) is 0. The zero-order chi connectivity index (χ0) is 14.3. The van der Waals surface area contributed by atoms with E-state index in [4.69, 9.17) is 5.11 Å². The summed E-state index contributed by atoms with van der Waals surface area (Å²) in [6.07, 6.45) is 3.32.